The molecule has 2 N–H and O–H groups in total. The minimum absolute atomic E-state index is 0.292. The van der Waals surface area contributed by atoms with Crippen molar-refractivity contribution in [3.05, 3.63) is 24.0 Å². The van der Waals surface area contributed by atoms with Gasteiger partial charge in [0.2, 0.25) is 0 Å². The Morgan fingerprint density at radius 3 is 2.93 bits per heavy atom. The topological polar surface area (TPSA) is 48.1 Å². The molecule has 1 saturated carbocycles. The molecule has 1 aromatic heterocycles. The summed E-state index contributed by atoms with van der Waals surface area (Å²) in [4.78, 5) is 4.39. The van der Waals surface area contributed by atoms with Gasteiger partial charge in [-0.05, 0) is 31.4 Å². The average molecular weight is 208 g/mol. The Bertz CT molecular complexity index is 350. The first-order valence-electron chi connectivity index (χ1n) is 4.69. The molecule has 0 aromatic carbocycles. The Hall–Kier alpha value is -1.16. The van der Waals surface area contributed by atoms with E-state index in [0.29, 0.717) is 22.5 Å². The number of rotatable bonds is 3. The Kier molecular flexibility index (Phi) is 2.63. The summed E-state index contributed by atoms with van der Waals surface area (Å²) in [6.07, 6.45) is 5.47. The summed E-state index contributed by atoms with van der Waals surface area (Å²) in [5, 5.41) is 0. The minimum atomic E-state index is 0.292. The van der Waals surface area contributed by atoms with E-state index in [2.05, 4.69) is 4.98 Å². The zero-order valence-electron chi connectivity index (χ0n) is 7.77. The third-order valence-electron chi connectivity index (χ3n) is 2.35. The fourth-order valence-corrected chi connectivity index (χ4v) is 1.49. The fourth-order valence-electron chi connectivity index (χ4n) is 1.34. The maximum absolute atomic E-state index is 5.71. The van der Waals surface area contributed by atoms with Crippen LogP contribution in [0.5, 0.6) is 5.75 Å². The van der Waals surface area contributed by atoms with Crippen molar-refractivity contribution in [3.63, 3.8) is 0 Å². The zero-order valence-corrected chi connectivity index (χ0v) is 8.59. The van der Waals surface area contributed by atoms with Crippen molar-refractivity contribution in [2.75, 3.05) is 0 Å². The van der Waals surface area contributed by atoms with Crippen LogP contribution >= 0.6 is 12.2 Å². The number of ether oxygens (including phenoxy) is 1. The number of nitrogens with two attached hydrogens (primary N) is 1. The van der Waals surface area contributed by atoms with Crippen molar-refractivity contribution < 1.29 is 4.74 Å². The highest BCUT2D eigenvalue weighted by atomic mass is 32.1. The first kappa shape index (κ1) is 9.40. The van der Waals surface area contributed by atoms with Gasteiger partial charge < -0.3 is 10.5 Å². The van der Waals surface area contributed by atoms with Crippen LogP contribution in [0, 0.1) is 0 Å². The van der Waals surface area contributed by atoms with Crippen molar-refractivity contribution in [2.24, 2.45) is 5.73 Å². The van der Waals surface area contributed by atoms with Gasteiger partial charge in [-0.25, -0.2) is 4.98 Å². The highest BCUT2D eigenvalue weighted by Gasteiger charge is 2.20. The van der Waals surface area contributed by atoms with Gasteiger partial charge in [-0.1, -0.05) is 12.2 Å². The minimum Gasteiger partial charge on any atom is -0.488 e. The SMILES string of the molecule is NC(=S)c1ncccc1OC1CCC1. The van der Waals surface area contributed by atoms with E-state index in [1.165, 1.54) is 6.42 Å². The molecule has 3 nitrogen and oxygen atoms in total. The van der Waals surface area contributed by atoms with Crippen LogP contribution in [0.2, 0.25) is 0 Å². The van der Waals surface area contributed by atoms with E-state index in [4.69, 9.17) is 22.7 Å². The molecule has 0 atom stereocenters. The maximum Gasteiger partial charge on any atom is 0.148 e. The van der Waals surface area contributed by atoms with Crippen molar-refractivity contribution in [2.45, 2.75) is 25.4 Å². The van der Waals surface area contributed by atoms with E-state index in [9.17, 15) is 0 Å². The van der Waals surface area contributed by atoms with Gasteiger partial charge in [0.25, 0.3) is 0 Å². The van der Waals surface area contributed by atoms with Crippen molar-refractivity contribution >= 4 is 17.2 Å². The molecule has 1 aliphatic rings. The van der Waals surface area contributed by atoms with Crippen LogP contribution in [-0.4, -0.2) is 16.1 Å². The Labute approximate surface area is 88.3 Å². The van der Waals surface area contributed by atoms with Crippen LogP contribution in [0.25, 0.3) is 0 Å². The van der Waals surface area contributed by atoms with Gasteiger partial charge in [0.05, 0.1) is 6.10 Å². The molecule has 0 amide bonds. The molecule has 14 heavy (non-hydrogen) atoms. The van der Waals surface area contributed by atoms with E-state index in [1.54, 1.807) is 6.20 Å². The van der Waals surface area contributed by atoms with Crippen LogP contribution in [0.15, 0.2) is 18.3 Å². The third kappa shape index (κ3) is 1.85. The van der Waals surface area contributed by atoms with Crippen LogP contribution in [0.3, 0.4) is 0 Å². The molecule has 74 valence electrons. The molecule has 0 saturated heterocycles. The summed E-state index contributed by atoms with van der Waals surface area (Å²) in [6.45, 7) is 0. The maximum atomic E-state index is 5.71. The summed E-state index contributed by atoms with van der Waals surface area (Å²) in [5.41, 5.74) is 6.13. The van der Waals surface area contributed by atoms with Crippen molar-refractivity contribution in [1.82, 2.24) is 4.98 Å². The molecule has 0 radical (unpaired) electrons. The Balaban J connectivity index is 2.17. The molecule has 0 unspecified atom stereocenters. The van der Waals surface area contributed by atoms with Crippen LogP contribution in [0.1, 0.15) is 25.0 Å². The number of nitrogens with zero attached hydrogens (tertiary/aromatic N) is 1. The lowest BCUT2D eigenvalue weighted by atomic mass is 9.96. The predicted octanol–water partition coefficient (Wildman–Crippen LogP) is 1.65. The van der Waals surface area contributed by atoms with E-state index < -0.39 is 0 Å². The monoisotopic (exact) mass is 208 g/mol. The molecule has 1 aromatic rings. The van der Waals surface area contributed by atoms with Crippen LogP contribution in [-0.2, 0) is 0 Å². The summed E-state index contributed by atoms with van der Waals surface area (Å²) in [6, 6.07) is 3.69. The second kappa shape index (κ2) is 3.92. The molecule has 1 aliphatic carbocycles. The van der Waals surface area contributed by atoms with Gasteiger partial charge in [0.15, 0.2) is 0 Å². The molecule has 0 spiro atoms. The molecule has 0 aliphatic heterocycles. The van der Waals surface area contributed by atoms with E-state index >= 15 is 0 Å². The summed E-state index contributed by atoms with van der Waals surface area (Å²) < 4.78 is 5.71. The lowest BCUT2D eigenvalue weighted by Crippen LogP contribution is -2.26. The van der Waals surface area contributed by atoms with Crippen molar-refractivity contribution in [1.29, 1.82) is 0 Å². The zero-order chi connectivity index (χ0) is 9.97. The van der Waals surface area contributed by atoms with Gasteiger partial charge >= 0.3 is 0 Å². The lowest BCUT2D eigenvalue weighted by molar-refractivity contribution is 0.119. The number of pyridine rings is 1. The molecule has 1 heterocycles. The number of hydrogen-bond donors (Lipinski definition) is 1. The average Bonchev–Trinajstić information content (AvgIpc) is 2.12. The van der Waals surface area contributed by atoms with Gasteiger partial charge in [-0.2, -0.15) is 0 Å². The lowest BCUT2D eigenvalue weighted by Gasteiger charge is -2.26. The molecule has 2 rings (SSSR count). The molecular weight excluding hydrogens is 196 g/mol. The molecule has 4 heteroatoms. The van der Waals surface area contributed by atoms with Gasteiger partial charge in [0.1, 0.15) is 16.4 Å². The van der Waals surface area contributed by atoms with E-state index in [1.807, 2.05) is 12.1 Å². The van der Waals surface area contributed by atoms with Gasteiger partial charge in [0, 0.05) is 6.20 Å². The highest BCUT2D eigenvalue weighted by molar-refractivity contribution is 7.80. The largest absolute Gasteiger partial charge is 0.488 e. The quantitative estimate of drug-likeness (QED) is 0.767. The smallest absolute Gasteiger partial charge is 0.148 e. The van der Waals surface area contributed by atoms with Crippen LogP contribution < -0.4 is 10.5 Å². The molecular formula is C10H12N2OS. The van der Waals surface area contributed by atoms with E-state index in [0.717, 1.165) is 12.8 Å². The number of aromatic nitrogens is 1. The fraction of sp³-hybridized carbons (Fsp3) is 0.400. The summed E-state index contributed by atoms with van der Waals surface area (Å²) in [5.74, 6) is 0.713. The van der Waals surface area contributed by atoms with Crippen molar-refractivity contribution in [3.8, 4) is 5.75 Å². The van der Waals surface area contributed by atoms with Crippen LogP contribution in [0.4, 0.5) is 0 Å². The second-order valence-electron chi connectivity index (χ2n) is 3.39. The number of hydrogen-bond acceptors (Lipinski definition) is 3. The van der Waals surface area contributed by atoms with E-state index in [-0.39, 0.29) is 0 Å². The predicted molar refractivity (Wildman–Crippen MR) is 58.4 cm³/mol. The summed E-state index contributed by atoms with van der Waals surface area (Å²) >= 11 is 4.89. The molecule has 1 fully saturated rings. The first-order chi connectivity index (χ1) is 6.77. The Morgan fingerprint density at radius 1 is 1.57 bits per heavy atom. The summed E-state index contributed by atoms with van der Waals surface area (Å²) in [7, 11) is 0. The van der Waals surface area contributed by atoms with Gasteiger partial charge in [-0.15, -0.1) is 0 Å². The normalized spacial score (nSPS) is 16.0. The van der Waals surface area contributed by atoms with Gasteiger partial charge in [-0.3, -0.25) is 0 Å². The molecule has 0 bridgehead atoms. The highest BCUT2D eigenvalue weighted by Crippen LogP contribution is 2.26. The standard InChI is InChI=1S/C10H12N2OS/c11-10(14)9-8(5-2-6-12-9)13-7-3-1-4-7/h2,5-7H,1,3-4H2,(H2,11,14). The first-order valence-corrected chi connectivity index (χ1v) is 5.09. The number of thiocarbonyl (C=S) groups is 1. The Morgan fingerprint density at radius 2 is 2.36 bits per heavy atom. The third-order valence-corrected chi connectivity index (χ3v) is 2.54. The second-order valence-corrected chi connectivity index (χ2v) is 3.82.